The first kappa shape index (κ1) is 17.5. The van der Waals surface area contributed by atoms with Crippen molar-refractivity contribution >= 4 is 18.0 Å². The van der Waals surface area contributed by atoms with Crippen LogP contribution in [0, 0.1) is 0 Å². The van der Waals surface area contributed by atoms with Crippen molar-refractivity contribution in [2.75, 3.05) is 37.8 Å². The van der Waals surface area contributed by atoms with Crippen molar-refractivity contribution in [1.29, 1.82) is 0 Å². The van der Waals surface area contributed by atoms with E-state index in [2.05, 4.69) is 15.5 Å². The third-order valence-electron chi connectivity index (χ3n) is 4.32. The van der Waals surface area contributed by atoms with Crippen LogP contribution < -0.4 is 15.3 Å². The Balaban J connectivity index is 1.44. The van der Waals surface area contributed by atoms with E-state index >= 15 is 0 Å². The molecule has 0 atom stereocenters. The lowest BCUT2D eigenvalue weighted by atomic mass is 10.1. The summed E-state index contributed by atoms with van der Waals surface area (Å²) in [5, 5.41) is 15.9. The summed E-state index contributed by atoms with van der Waals surface area (Å²) in [4.78, 5) is 13.4. The van der Waals surface area contributed by atoms with Gasteiger partial charge in [0.05, 0.1) is 12.3 Å². The number of aliphatic carboxylic acids is 1. The Hall–Kier alpha value is -2.32. The second kappa shape index (κ2) is 8.68. The van der Waals surface area contributed by atoms with Crippen LogP contribution in [0.3, 0.4) is 0 Å². The zero-order valence-corrected chi connectivity index (χ0v) is 14.3. The molecule has 1 fully saturated rings. The Labute approximate surface area is 147 Å². The quantitative estimate of drug-likeness (QED) is 0.690. The summed E-state index contributed by atoms with van der Waals surface area (Å²) >= 11 is 0. The van der Waals surface area contributed by atoms with Crippen LogP contribution in [-0.2, 0) is 4.79 Å². The Morgan fingerprint density at radius 3 is 2.68 bits per heavy atom. The first-order valence-electron chi connectivity index (χ1n) is 8.75. The van der Waals surface area contributed by atoms with E-state index in [1.165, 1.54) is 43.8 Å². The van der Waals surface area contributed by atoms with E-state index in [0.29, 0.717) is 6.61 Å². The highest BCUT2D eigenvalue weighted by molar-refractivity contribution is 5.80. The maximum atomic E-state index is 10.9. The van der Waals surface area contributed by atoms with Gasteiger partial charge >= 0.3 is 5.97 Å². The summed E-state index contributed by atoms with van der Waals surface area (Å²) in [5.74, 6) is -0.118. The number of nitrogens with one attached hydrogen (secondary N) is 1. The van der Waals surface area contributed by atoms with Gasteiger partial charge in [-0.05, 0) is 56.6 Å². The molecular weight excluding hydrogens is 322 g/mol. The molecule has 2 N–H and O–H groups in total. The van der Waals surface area contributed by atoms with Crippen molar-refractivity contribution in [3.05, 3.63) is 24.3 Å². The van der Waals surface area contributed by atoms with E-state index < -0.39 is 5.97 Å². The minimum atomic E-state index is -0.934. The molecule has 0 radical (unpaired) electrons. The number of carboxylic acid groups (broad SMARTS) is 1. The summed E-state index contributed by atoms with van der Waals surface area (Å²) in [7, 11) is 0. The van der Waals surface area contributed by atoms with Gasteiger partial charge in [-0.2, -0.15) is 5.10 Å². The Bertz CT molecular complexity index is 586. The Morgan fingerprint density at radius 1 is 1.20 bits per heavy atom. The van der Waals surface area contributed by atoms with Crippen LogP contribution >= 0.6 is 0 Å². The number of likely N-dealkylation sites (tertiary alicyclic amines) is 1. The van der Waals surface area contributed by atoms with Crippen molar-refractivity contribution in [2.45, 2.75) is 25.7 Å². The molecule has 3 rings (SSSR count). The fraction of sp³-hybridized carbons (Fsp3) is 0.529. The predicted octanol–water partition coefficient (Wildman–Crippen LogP) is 1.51. The molecule has 0 bridgehead atoms. The molecule has 0 aliphatic carbocycles. The summed E-state index contributed by atoms with van der Waals surface area (Å²) in [6, 6.07) is 7.55. The zero-order chi connectivity index (χ0) is 17.5. The fourth-order valence-corrected chi connectivity index (χ4v) is 3.06. The largest absolute Gasteiger partial charge is 0.494 e. The lowest BCUT2D eigenvalue weighted by Gasteiger charge is -2.26. The van der Waals surface area contributed by atoms with Gasteiger partial charge in [0.2, 0.25) is 0 Å². The van der Waals surface area contributed by atoms with Crippen LogP contribution in [0.2, 0.25) is 0 Å². The van der Waals surface area contributed by atoms with Gasteiger partial charge in [0.15, 0.2) is 0 Å². The number of anilines is 1. The molecule has 0 unspecified atom stereocenters. The van der Waals surface area contributed by atoms with E-state index in [1.807, 2.05) is 24.3 Å². The molecule has 136 valence electrons. The molecule has 1 aromatic carbocycles. The standard InChI is InChI=1S/C17H25N5O3/c23-17(24)13-22-19-18-14-21(22)15-5-7-16(8-6-15)25-12-4-11-20-9-2-1-3-10-20/h5-8,14,19H,1-4,9-13H2,(H,23,24). The number of carboxylic acids is 1. The maximum absolute atomic E-state index is 10.9. The number of rotatable bonds is 8. The summed E-state index contributed by atoms with van der Waals surface area (Å²) < 4.78 is 5.80. The summed E-state index contributed by atoms with van der Waals surface area (Å²) in [5.41, 5.74) is 3.45. The van der Waals surface area contributed by atoms with E-state index in [1.54, 1.807) is 5.01 Å². The van der Waals surface area contributed by atoms with Gasteiger partial charge < -0.3 is 14.7 Å². The smallest absolute Gasteiger partial charge is 0.321 e. The van der Waals surface area contributed by atoms with Crippen LogP contribution in [-0.4, -0.2) is 60.2 Å². The number of hydrogen-bond donors (Lipinski definition) is 2. The normalized spacial score (nSPS) is 18.3. The van der Waals surface area contributed by atoms with E-state index in [9.17, 15) is 4.79 Å². The van der Waals surface area contributed by atoms with Crippen LogP contribution in [0.15, 0.2) is 29.4 Å². The topological polar surface area (TPSA) is 80.6 Å². The third-order valence-corrected chi connectivity index (χ3v) is 4.32. The number of benzene rings is 1. The summed E-state index contributed by atoms with van der Waals surface area (Å²) in [6.07, 6.45) is 6.56. The lowest BCUT2D eigenvalue weighted by Crippen LogP contribution is -2.46. The zero-order valence-electron chi connectivity index (χ0n) is 14.3. The van der Waals surface area contributed by atoms with Crippen molar-refractivity contribution in [3.63, 3.8) is 0 Å². The highest BCUT2D eigenvalue weighted by Crippen LogP contribution is 2.21. The first-order chi connectivity index (χ1) is 12.2. The molecule has 2 aliphatic heterocycles. The Morgan fingerprint density at radius 2 is 1.96 bits per heavy atom. The van der Waals surface area contributed by atoms with Crippen molar-refractivity contribution in [2.24, 2.45) is 5.10 Å². The molecule has 2 aliphatic rings. The van der Waals surface area contributed by atoms with Crippen molar-refractivity contribution in [3.8, 4) is 5.75 Å². The molecule has 8 heteroatoms. The van der Waals surface area contributed by atoms with E-state index in [-0.39, 0.29) is 6.54 Å². The van der Waals surface area contributed by atoms with Crippen molar-refractivity contribution in [1.82, 2.24) is 15.6 Å². The van der Waals surface area contributed by atoms with Crippen molar-refractivity contribution < 1.29 is 14.6 Å². The SMILES string of the molecule is O=C(O)CN1NN=CN1c1ccc(OCCCN2CCCCC2)cc1. The lowest BCUT2D eigenvalue weighted by molar-refractivity contribution is -0.138. The second-order valence-electron chi connectivity index (χ2n) is 6.24. The van der Waals surface area contributed by atoms with Gasteiger partial charge in [-0.15, -0.1) is 5.12 Å². The van der Waals surface area contributed by atoms with Crippen LogP contribution in [0.25, 0.3) is 0 Å². The molecule has 2 heterocycles. The molecule has 0 aromatic heterocycles. The van der Waals surface area contributed by atoms with Gasteiger partial charge in [0.1, 0.15) is 18.6 Å². The van der Waals surface area contributed by atoms with Crippen LogP contribution in [0.5, 0.6) is 5.75 Å². The molecule has 0 saturated carbocycles. The van der Waals surface area contributed by atoms with Gasteiger partial charge in [-0.1, -0.05) is 6.42 Å². The molecule has 0 amide bonds. The molecule has 0 spiro atoms. The van der Waals surface area contributed by atoms with Gasteiger partial charge in [-0.25, -0.2) is 10.5 Å². The number of hydrazone groups is 1. The van der Waals surface area contributed by atoms with E-state index in [0.717, 1.165) is 24.4 Å². The molecular formula is C17H25N5O3. The summed E-state index contributed by atoms with van der Waals surface area (Å²) in [6.45, 7) is 4.04. The average molecular weight is 347 g/mol. The average Bonchev–Trinajstić information content (AvgIpc) is 3.07. The monoisotopic (exact) mass is 347 g/mol. The van der Waals surface area contributed by atoms with Gasteiger partial charge in [0, 0.05) is 6.54 Å². The molecule has 1 aromatic rings. The molecule has 25 heavy (non-hydrogen) atoms. The predicted molar refractivity (Wildman–Crippen MR) is 95.3 cm³/mol. The maximum Gasteiger partial charge on any atom is 0.321 e. The minimum Gasteiger partial charge on any atom is -0.494 e. The highest BCUT2D eigenvalue weighted by Gasteiger charge is 2.21. The van der Waals surface area contributed by atoms with Crippen LogP contribution in [0.4, 0.5) is 5.69 Å². The van der Waals surface area contributed by atoms with Gasteiger partial charge in [0.25, 0.3) is 0 Å². The second-order valence-corrected chi connectivity index (χ2v) is 6.24. The number of hydrazine groups is 2. The van der Waals surface area contributed by atoms with E-state index in [4.69, 9.17) is 9.84 Å². The molecule has 1 saturated heterocycles. The number of hydrogen-bond acceptors (Lipinski definition) is 7. The number of ether oxygens (including phenoxy) is 1. The number of nitrogens with zero attached hydrogens (tertiary/aromatic N) is 4. The number of carbonyl (C=O) groups is 1. The fourth-order valence-electron chi connectivity index (χ4n) is 3.06. The highest BCUT2D eigenvalue weighted by atomic mass is 16.5. The van der Waals surface area contributed by atoms with Gasteiger partial charge in [-0.3, -0.25) is 4.79 Å². The first-order valence-corrected chi connectivity index (χ1v) is 8.75. The Kier molecular flexibility index (Phi) is 6.08. The minimum absolute atomic E-state index is 0.186. The molecule has 8 nitrogen and oxygen atoms in total. The third kappa shape index (κ3) is 5.07. The number of piperidine rings is 1. The van der Waals surface area contributed by atoms with Crippen LogP contribution in [0.1, 0.15) is 25.7 Å².